The molecule has 2 rings (SSSR count). The maximum Gasteiger partial charge on any atom is 0.145 e. The van der Waals surface area contributed by atoms with E-state index in [1.165, 1.54) is 0 Å². The minimum atomic E-state index is 0.395. The number of benzene rings is 1. The molecule has 0 spiro atoms. The van der Waals surface area contributed by atoms with Crippen LogP contribution >= 0.6 is 34.8 Å². The molecule has 0 aliphatic rings. The molecule has 0 saturated carbocycles. The molecule has 0 saturated heterocycles. The summed E-state index contributed by atoms with van der Waals surface area (Å²) in [5, 5.41) is 1.39. The Labute approximate surface area is 114 Å². The number of aromatic nitrogens is 1. The van der Waals surface area contributed by atoms with Crippen LogP contribution in [0.25, 0.3) is 11.1 Å². The lowest BCUT2D eigenvalue weighted by Gasteiger charge is -2.09. The summed E-state index contributed by atoms with van der Waals surface area (Å²) in [6.07, 6.45) is 1.57. The van der Waals surface area contributed by atoms with Crippen molar-refractivity contribution in [3.05, 3.63) is 45.7 Å². The van der Waals surface area contributed by atoms with Crippen LogP contribution in [-0.2, 0) is 0 Å². The fraction of sp³-hybridized carbons (Fsp3) is 0.0833. The lowest BCUT2D eigenvalue weighted by molar-refractivity contribution is 0.414. The first-order valence-electron chi connectivity index (χ1n) is 4.77. The Hall–Kier alpha value is -0.960. The van der Waals surface area contributed by atoms with Crippen molar-refractivity contribution in [1.29, 1.82) is 0 Å². The van der Waals surface area contributed by atoms with E-state index in [1.54, 1.807) is 31.5 Å². The van der Waals surface area contributed by atoms with E-state index >= 15 is 0 Å². The molecule has 17 heavy (non-hydrogen) atoms. The van der Waals surface area contributed by atoms with Gasteiger partial charge in [-0.2, -0.15) is 0 Å². The van der Waals surface area contributed by atoms with Crippen molar-refractivity contribution in [1.82, 2.24) is 4.98 Å². The molecule has 0 aliphatic carbocycles. The zero-order valence-electron chi connectivity index (χ0n) is 8.88. The molecule has 0 atom stereocenters. The molecule has 88 valence electrons. The number of methoxy groups -OCH3 is 1. The van der Waals surface area contributed by atoms with Gasteiger partial charge in [-0.25, -0.2) is 4.98 Å². The summed E-state index contributed by atoms with van der Waals surface area (Å²) >= 11 is 17.7. The number of pyridine rings is 1. The Kier molecular flexibility index (Phi) is 3.77. The van der Waals surface area contributed by atoms with E-state index in [0.29, 0.717) is 20.9 Å². The van der Waals surface area contributed by atoms with Crippen LogP contribution in [0.5, 0.6) is 5.75 Å². The Bertz CT molecular complexity index is 557. The number of ether oxygens (including phenoxy) is 1. The summed E-state index contributed by atoms with van der Waals surface area (Å²) in [4.78, 5) is 3.96. The zero-order chi connectivity index (χ0) is 12.4. The van der Waals surface area contributed by atoms with Gasteiger partial charge in [0.2, 0.25) is 0 Å². The van der Waals surface area contributed by atoms with Crippen LogP contribution in [0.2, 0.25) is 15.2 Å². The van der Waals surface area contributed by atoms with E-state index in [-0.39, 0.29) is 0 Å². The molecule has 2 nitrogen and oxygen atoms in total. The highest BCUT2D eigenvalue weighted by atomic mass is 35.5. The third-order valence-corrected chi connectivity index (χ3v) is 3.23. The topological polar surface area (TPSA) is 22.1 Å². The molecule has 5 heteroatoms. The molecule has 1 aromatic heterocycles. The third kappa shape index (κ3) is 2.65. The molecule has 2 aromatic rings. The second-order valence-electron chi connectivity index (χ2n) is 3.34. The van der Waals surface area contributed by atoms with Gasteiger partial charge in [-0.15, -0.1) is 0 Å². The molecule has 1 heterocycles. The average molecular weight is 289 g/mol. The van der Waals surface area contributed by atoms with Gasteiger partial charge in [0.05, 0.1) is 23.4 Å². The van der Waals surface area contributed by atoms with E-state index in [2.05, 4.69) is 4.98 Å². The molecule has 0 bridgehead atoms. The minimum absolute atomic E-state index is 0.395. The Morgan fingerprint density at radius 3 is 2.47 bits per heavy atom. The van der Waals surface area contributed by atoms with Crippen molar-refractivity contribution in [2.45, 2.75) is 0 Å². The second-order valence-corrected chi connectivity index (χ2v) is 4.54. The van der Waals surface area contributed by atoms with Gasteiger partial charge in [-0.1, -0.05) is 40.9 Å². The van der Waals surface area contributed by atoms with E-state index in [4.69, 9.17) is 39.5 Å². The van der Waals surface area contributed by atoms with Crippen molar-refractivity contribution in [2.75, 3.05) is 7.11 Å². The summed E-state index contributed by atoms with van der Waals surface area (Å²) in [7, 11) is 1.58. The highest BCUT2D eigenvalue weighted by Crippen LogP contribution is 2.34. The summed E-state index contributed by atoms with van der Waals surface area (Å²) in [6, 6.07) is 7.06. The first-order chi connectivity index (χ1) is 8.11. The monoisotopic (exact) mass is 287 g/mol. The van der Waals surface area contributed by atoms with E-state index in [0.717, 1.165) is 11.1 Å². The van der Waals surface area contributed by atoms with Gasteiger partial charge in [-0.05, 0) is 23.8 Å². The van der Waals surface area contributed by atoms with Gasteiger partial charge in [-0.3, -0.25) is 0 Å². The number of hydrogen-bond donors (Lipinski definition) is 0. The minimum Gasteiger partial charge on any atom is -0.494 e. The lowest BCUT2D eigenvalue weighted by Crippen LogP contribution is -1.90. The Morgan fingerprint density at radius 2 is 1.82 bits per heavy atom. The fourth-order valence-corrected chi connectivity index (χ4v) is 1.93. The standard InChI is InChI=1S/C12H8Cl3NO/c1-17-11-6-16-12(15)5-8(11)7-2-3-9(13)10(14)4-7/h2-6H,1H3. The zero-order valence-corrected chi connectivity index (χ0v) is 11.1. The number of hydrogen-bond acceptors (Lipinski definition) is 2. The highest BCUT2D eigenvalue weighted by Gasteiger charge is 2.09. The quantitative estimate of drug-likeness (QED) is 0.746. The molecule has 0 amide bonds. The smallest absolute Gasteiger partial charge is 0.145 e. The van der Waals surface area contributed by atoms with Crippen molar-refractivity contribution in [3.63, 3.8) is 0 Å². The molecule has 1 aromatic carbocycles. The second kappa shape index (κ2) is 5.13. The number of rotatable bonds is 2. The van der Waals surface area contributed by atoms with Crippen molar-refractivity contribution in [3.8, 4) is 16.9 Å². The van der Waals surface area contributed by atoms with E-state index < -0.39 is 0 Å². The van der Waals surface area contributed by atoms with Gasteiger partial charge in [0.1, 0.15) is 10.9 Å². The molecular formula is C12H8Cl3NO. The van der Waals surface area contributed by atoms with Crippen LogP contribution in [0.3, 0.4) is 0 Å². The van der Waals surface area contributed by atoms with Crippen LogP contribution in [0.15, 0.2) is 30.5 Å². The normalized spacial score (nSPS) is 10.4. The third-order valence-electron chi connectivity index (χ3n) is 2.28. The predicted octanol–water partition coefficient (Wildman–Crippen LogP) is 4.72. The van der Waals surface area contributed by atoms with E-state index in [9.17, 15) is 0 Å². The molecule has 0 unspecified atom stereocenters. The first kappa shape index (κ1) is 12.5. The van der Waals surface area contributed by atoms with Crippen LogP contribution in [-0.4, -0.2) is 12.1 Å². The number of nitrogens with zero attached hydrogens (tertiary/aromatic N) is 1. The molecular weight excluding hydrogens is 280 g/mol. The van der Waals surface area contributed by atoms with Gasteiger partial charge in [0.15, 0.2) is 0 Å². The van der Waals surface area contributed by atoms with Crippen LogP contribution < -0.4 is 4.74 Å². The molecule has 0 N–H and O–H groups in total. The van der Waals surface area contributed by atoms with Crippen LogP contribution in [0, 0.1) is 0 Å². The predicted molar refractivity (Wildman–Crippen MR) is 71.3 cm³/mol. The van der Waals surface area contributed by atoms with E-state index in [1.807, 2.05) is 6.07 Å². The first-order valence-corrected chi connectivity index (χ1v) is 5.90. The summed E-state index contributed by atoms with van der Waals surface area (Å²) in [5.74, 6) is 0.632. The molecule has 0 radical (unpaired) electrons. The van der Waals surface area contributed by atoms with Gasteiger partial charge in [0.25, 0.3) is 0 Å². The summed E-state index contributed by atoms with van der Waals surface area (Å²) in [5.41, 5.74) is 1.70. The summed E-state index contributed by atoms with van der Waals surface area (Å²) in [6.45, 7) is 0. The average Bonchev–Trinajstić information content (AvgIpc) is 2.32. The van der Waals surface area contributed by atoms with Crippen molar-refractivity contribution in [2.24, 2.45) is 0 Å². The SMILES string of the molecule is COc1cnc(Cl)cc1-c1ccc(Cl)c(Cl)c1. The van der Waals surface area contributed by atoms with Gasteiger partial charge < -0.3 is 4.74 Å². The van der Waals surface area contributed by atoms with Crippen molar-refractivity contribution < 1.29 is 4.74 Å². The summed E-state index contributed by atoms with van der Waals surface area (Å²) < 4.78 is 5.23. The van der Waals surface area contributed by atoms with Crippen molar-refractivity contribution >= 4 is 34.8 Å². The van der Waals surface area contributed by atoms with Crippen LogP contribution in [0.1, 0.15) is 0 Å². The number of halogens is 3. The van der Waals surface area contributed by atoms with Crippen LogP contribution in [0.4, 0.5) is 0 Å². The largest absolute Gasteiger partial charge is 0.494 e. The highest BCUT2D eigenvalue weighted by molar-refractivity contribution is 6.42. The maximum absolute atomic E-state index is 5.98. The maximum atomic E-state index is 5.98. The molecule has 0 aliphatic heterocycles. The fourth-order valence-electron chi connectivity index (χ4n) is 1.47. The Morgan fingerprint density at radius 1 is 1.06 bits per heavy atom. The lowest BCUT2D eigenvalue weighted by atomic mass is 10.1. The molecule has 0 fully saturated rings. The Balaban J connectivity index is 2.58. The van der Waals surface area contributed by atoms with Gasteiger partial charge >= 0.3 is 0 Å². The van der Waals surface area contributed by atoms with Gasteiger partial charge in [0, 0.05) is 5.56 Å².